The molecule has 4 heteroatoms. The number of benzene rings is 1. The van der Waals surface area contributed by atoms with E-state index in [-0.39, 0.29) is 5.78 Å². The molecule has 0 atom stereocenters. The Kier molecular flexibility index (Phi) is 5.58. The van der Waals surface area contributed by atoms with E-state index >= 15 is 0 Å². The summed E-state index contributed by atoms with van der Waals surface area (Å²) in [6.07, 6.45) is 3.37. The zero-order chi connectivity index (χ0) is 15.1. The van der Waals surface area contributed by atoms with E-state index in [9.17, 15) is 4.79 Å². The summed E-state index contributed by atoms with van der Waals surface area (Å²) in [6.45, 7) is 4.88. The Labute approximate surface area is 128 Å². The first-order valence-electron chi connectivity index (χ1n) is 6.88. The van der Waals surface area contributed by atoms with E-state index in [2.05, 4.69) is 0 Å². The maximum atomic E-state index is 12.4. The lowest BCUT2D eigenvalue weighted by molar-refractivity contribution is 0.104. The lowest BCUT2D eigenvalue weighted by atomic mass is 10.1. The number of carbonyl (C=O) groups excluding carboxylic acids is 1. The Morgan fingerprint density at radius 2 is 2.00 bits per heavy atom. The van der Waals surface area contributed by atoms with E-state index in [0.717, 1.165) is 5.56 Å². The van der Waals surface area contributed by atoms with E-state index in [0.29, 0.717) is 30.3 Å². The molecule has 0 unspecified atom stereocenters. The first kappa shape index (κ1) is 15.3. The van der Waals surface area contributed by atoms with Crippen molar-refractivity contribution < 1.29 is 14.3 Å². The summed E-state index contributed by atoms with van der Waals surface area (Å²) in [4.78, 5) is 12.4. The fraction of sp³-hybridized carbons (Fsp3) is 0.235. The van der Waals surface area contributed by atoms with Crippen molar-refractivity contribution >= 4 is 23.2 Å². The number of ether oxygens (including phenoxy) is 2. The Balaban J connectivity index is 2.26. The number of hydrogen-bond acceptors (Lipinski definition) is 4. The van der Waals surface area contributed by atoms with Crippen LogP contribution in [0.3, 0.4) is 0 Å². The molecular formula is C17H18O3S. The smallest absolute Gasteiger partial charge is 0.189 e. The molecule has 0 saturated heterocycles. The SMILES string of the molecule is CCOc1ccc(OCC)c(C(=O)/C=C/c2ccsc2)c1. The summed E-state index contributed by atoms with van der Waals surface area (Å²) >= 11 is 1.60. The number of carbonyl (C=O) groups is 1. The molecule has 3 nitrogen and oxygen atoms in total. The van der Waals surface area contributed by atoms with Gasteiger partial charge in [0.1, 0.15) is 11.5 Å². The fourth-order valence-electron chi connectivity index (χ4n) is 1.87. The first-order chi connectivity index (χ1) is 10.2. The standard InChI is InChI=1S/C17H18O3S/c1-3-19-14-6-8-17(20-4-2)15(11-14)16(18)7-5-13-9-10-21-12-13/h5-12H,3-4H2,1-2H3/b7-5+. The van der Waals surface area contributed by atoms with Crippen LogP contribution in [0.25, 0.3) is 6.08 Å². The molecule has 0 spiro atoms. The first-order valence-corrected chi connectivity index (χ1v) is 7.83. The molecule has 1 heterocycles. The average molecular weight is 302 g/mol. The molecule has 1 aromatic carbocycles. The van der Waals surface area contributed by atoms with Crippen molar-refractivity contribution in [1.29, 1.82) is 0 Å². The van der Waals surface area contributed by atoms with E-state index in [4.69, 9.17) is 9.47 Å². The van der Waals surface area contributed by atoms with Crippen molar-refractivity contribution in [3.05, 3.63) is 52.2 Å². The molecule has 0 bridgehead atoms. The summed E-state index contributed by atoms with van der Waals surface area (Å²) in [6, 6.07) is 7.29. The minimum absolute atomic E-state index is 0.0915. The van der Waals surface area contributed by atoms with Crippen molar-refractivity contribution in [2.24, 2.45) is 0 Å². The highest BCUT2D eigenvalue weighted by Crippen LogP contribution is 2.25. The summed E-state index contributed by atoms with van der Waals surface area (Å²) in [7, 11) is 0. The summed E-state index contributed by atoms with van der Waals surface area (Å²) < 4.78 is 11.0. The number of ketones is 1. The van der Waals surface area contributed by atoms with E-state index in [1.165, 1.54) is 0 Å². The topological polar surface area (TPSA) is 35.5 Å². The van der Waals surface area contributed by atoms with E-state index in [1.54, 1.807) is 29.5 Å². The van der Waals surface area contributed by atoms with Gasteiger partial charge in [-0.2, -0.15) is 11.3 Å². The summed E-state index contributed by atoms with van der Waals surface area (Å²) in [5.41, 5.74) is 1.54. The monoisotopic (exact) mass is 302 g/mol. The predicted molar refractivity (Wildman–Crippen MR) is 86.5 cm³/mol. The molecule has 2 aromatic rings. The molecule has 1 aromatic heterocycles. The third-order valence-corrected chi connectivity index (χ3v) is 3.50. The van der Waals surface area contributed by atoms with Gasteiger partial charge in [-0.1, -0.05) is 6.08 Å². The van der Waals surface area contributed by atoms with Crippen LogP contribution in [0.5, 0.6) is 11.5 Å². The van der Waals surface area contributed by atoms with Crippen LogP contribution in [0.2, 0.25) is 0 Å². The quantitative estimate of drug-likeness (QED) is 0.560. The average Bonchev–Trinajstić information content (AvgIpc) is 3.00. The Morgan fingerprint density at radius 1 is 1.19 bits per heavy atom. The number of rotatable bonds is 7. The van der Waals surface area contributed by atoms with E-state index < -0.39 is 0 Å². The highest BCUT2D eigenvalue weighted by atomic mass is 32.1. The third kappa shape index (κ3) is 4.20. The Hall–Kier alpha value is -2.07. The van der Waals surface area contributed by atoms with Crippen molar-refractivity contribution in [3.8, 4) is 11.5 Å². The van der Waals surface area contributed by atoms with Gasteiger partial charge in [0, 0.05) is 0 Å². The lowest BCUT2D eigenvalue weighted by Gasteiger charge is -2.10. The molecule has 0 saturated carbocycles. The molecule has 110 valence electrons. The zero-order valence-electron chi connectivity index (χ0n) is 12.2. The maximum Gasteiger partial charge on any atom is 0.189 e. The maximum absolute atomic E-state index is 12.4. The Bertz CT molecular complexity index is 615. The molecule has 0 aliphatic heterocycles. The van der Waals surface area contributed by atoms with Crippen LogP contribution >= 0.6 is 11.3 Å². The van der Waals surface area contributed by atoms with Gasteiger partial charge in [-0.15, -0.1) is 0 Å². The lowest BCUT2D eigenvalue weighted by Crippen LogP contribution is -2.03. The van der Waals surface area contributed by atoms with Crippen LogP contribution in [-0.2, 0) is 0 Å². The van der Waals surface area contributed by atoms with Crippen molar-refractivity contribution in [2.45, 2.75) is 13.8 Å². The Morgan fingerprint density at radius 3 is 2.67 bits per heavy atom. The second kappa shape index (κ2) is 7.64. The summed E-state index contributed by atoms with van der Waals surface area (Å²) in [5, 5.41) is 3.97. The third-order valence-electron chi connectivity index (χ3n) is 2.80. The van der Waals surface area contributed by atoms with Crippen LogP contribution in [0.1, 0.15) is 29.8 Å². The minimum atomic E-state index is -0.0915. The van der Waals surface area contributed by atoms with Gasteiger partial charge < -0.3 is 9.47 Å². The van der Waals surface area contributed by atoms with Crippen LogP contribution in [0, 0.1) is 0 Å². The molecule has 0 radical (unpaired) electrons. The van der Waals surface area contributed by atoms with E-state index in [1.807, 2.05) is 42.8 Å². The molecule has 0 aliphatic rings. The molecule has 0 aliphatic carbocycles. The molecule has 0 fully saturated rings. The van der Waals surface area contributed by atoms with Crippen LogP contribution in [0.15, 0.2) is 41.1 Å². The van der Waals surface area contributed by atoms with Gasteiger partial charge in [0.05, 0.1) is 18.8 Å². The van der Waals surface area contributed by atoms with Crippen LogP contribution < -0.4 is 9.47 Å². The fourth-order valence-corrected chi connectivity index (χ4v) is 2.50. The predicted octanol–water partition coefficient (Wildman–Crippen LogP) is 4.44. The van der Waals surface area contributed by atoms with Gasteiger partial charge in [0.2, 0.25) is 0 Å². The van der Waals surface area contributed by atoms with Crippen molar-refractivity contribution in [3.63, 3.8) is 0 Å². The van der Waals surface area contributed by atoms with Crippen molar-refractivity contribution in [2.75, 3.05) is 13.2 Å². The van der Waals surface area contributed by atoms with Crippen LogP contribution in [0.4, 0.5) is 0 Å². The molecule has 0 amide bonds. The number of hydrogen-bond donors (Lipinski definition) is 0. The van der Waals surface area contributed by atoms with Gasteiger partial charge in [0.25, 0.3) is 0 Å². The van der Waals surface area contributed by atoms with Gasteiger partial charge in [-0.25, -0.2) is 0 Å². The second-order valence-corrected chi connectivity index (χ2v) is 5.06. The summed E-state index contributed by atoms with van der Waals surface area (Å²) in [5.74, 6) is 1.17. The normalized spacial score (nSPS) is 10.8. The molecule has 0 N–H and O–H groups in total. The van der Waals surface area contributed by atoms with Gasteiger partial charge in [0.15, 0.2) is 5.78 Å². The largest absolute Gasteiger partial charge is 0.494 e. The molecule has 2 rings (SSSR count). The highest BCUT2D eigenvalue weighted by molar-refractivity contribution is 7.08. The number of allylic oxidation sites excluding steroid dienone is 1. The minimum Gasteiger partial charge on any atom is -0.494 e. The molecular weight excluding hydrogens is 284 g/mol. The van der Waals surface area contributed by atoms with Gasteiger partial charge in [-0.05, 0) is 60.5 Å². The second-order valence-electron chi connectivity index (χ2n) is 4.28. The highest BCUT2D eigenvalue weighted by Gasteiger charge is 2.11. The zero-order valence-corrected chi connectivity index (χ0v) is 13.0. The number of thiophene rings is 1. The molecule has 21 heavy (non-hydrogen) atoms. The van der Waals surface area contributed by atoms with Gasteiger partial charge >= 0.3 is 0 Å². The van der Waals surface area contributed by atoms with Gasteiger partial charge in [-0.3, -0.25) is 4.79 Å². The van der Waals surface area contributed by atoms with Crippen LogP contribution in [-0.4, -0.2) is 19.0 Å². The van der Waals surface area contributed by atoms with Crippen molar-refractivity contribution in [1.82, 2.24) is 0 Å².